The largest absolute Gasteiger partial charge is 0.374 e. The van der Waals surface area contributed by atoms with E-state index in [1.54, 1.807) is 0 Å². The Morgan fingerprint density at radius 1 is 1.29 bits per heavy atom. The highest BCUT2D eigenvalue weighted by Crippen LogP contribution is 2.20. The van der Waals surface area contributed by atoms with E-state index in [0.717, 1.165) is 0 Å². The first-order valence-corrected chi connectivity index (χ1v) is 6.12. The number of rotatable bonds is 3. The Kier molecular flexibility index (Phi) is 5.66. The number of amides is 3. The van der Waals surface area contributed by atoms with E-state index in [9.17, 15) is 18.8 Å². The highest BCUT2D eigenvalue weighted by molar-refractivity contribution is 6.01. The third-order valence-corrected chi connectivity index (χ3v) is 2.80. The predicted molar refractivity (Wildman–Crippen MR) is 77.7 cm³/mol. The molecule has 1 saturated heterocycles. The van der Waals surface area contributed by atoms with Crippen molar-refractivity contribution in [1.29, 1.82) is 0 Å². The van der Waals surface area contributed by atoms with Gasteiger partial charge in [-0.15, -0.1) is 12.4 Å². The van der Waals surface area contributed by atoms with E-state index < -0.39 is 17.8 Å². The van der Waals surface area contributed by atoms with Gasteiger partial charge in [-0.2, -0.15) is 0 Å². The van der Waals surface area contributed by atoms with Crippen LogP contribution in [0.5, 0.6) is 0 Å². The van der Waals surface area contributed by atoms with Crippen LogP contribution in [0.2, 0.25) is 0 Å². The van der Waals surface area contributed by atoms with E-state index in [0.29, 0.717) is 17.8 Å². The lowest BCUT2D eigenvalue weighted by atomic mass is 10.1. The number of piperidine rings is 1. The van der Waals surface area contributed by atoms with Crippen LogP contribution >= 0.6 is 12.4 Å². The molecule has 2 rings (SSSR count). The molecule has 6 nitrogen and oxygen atoms in total. The number of benzene rings is 1. The predicted octanol–water partition coefficient (Wildman–Crippen LogP) is 1.42. The summed E-state index contributed by atoms with van der Waals surface area (Å²) in [4.78, 5) is 33.6. The van der Waals surface area contributed by atoms with Gasteiger partial charge >= 0.3 is 0 Å². The molecule has 1 aliphatic heterocycles. The molecular formula is C13H15ClFN3O3. The first kappa shape index (κ1) is 16.9. The minimum Gasteiger partial charge on any atom is -0.374 e. The third-order valence-electron chi connectivity index (χ3n) is 2.80. The molecule has 1 aliphatic rings. The molecule has 1 heterocycles. The average molecular weight is 316 g/mol. The number of carbonyl (C=O) groups is 3. The number of halogens is 2. The Balaban J connectivity index is 0.00000220. The van der Waals surface area contributed by atoms with Crippen molar-refractivity contribution < 1.29 is 18.8 Å². The molecule has 0 aliphatic carbocycles. The lowest BCUT2D eigenvalue weighted by molar-refractivity contribution is -0.133. The van der Waals surface area contributed by atoms with Crippen molar-refractivity contribution in [2.45, 2.75) is 25.8 Å². The van der Waals surface area contributed by atoms with Crippen molar-refractivity contribution in [3.8, 4) is 0 Å². The molecule has 1 fully saturated rings. The van der Waals surface area contributed by atoms with Crippen LogP contribution in [-0.2, 0) is 14.4 Å². The van der Waals surface area contributed by atoms with Gasteiger partial charge in [-0.3, -0.25) is 19.7 Å². The Morgan fingerprint density at radius 3 is 2.57 bits per heavy atom. The Hall–Kier alpha value is -2.15. The van der Waals surface area contributed by atoms with E-state index in [2.05, 4.69) is 16.0 Å². The lowest BCUT2D eigenvalue weighted by Crippen LogP contribution is -2.47. The molecule has 3 N–H and O–H groups in total. The van der Waals surface area contributed by atoms with Gasteiger partial charge < -0.3 is 10.6 Å². The van der Waals surface area contributed by atoms with Crippen LogP contribution in [0, 0.1) is 5.82 Å². The van der Waals surface area contributed by atoms with E-state index in [1.165, 1.54) is 25.1 Å². The van der Waals surface area contributed by atoms with Gasteiger partial charge in [0.2, 0.25) is 17.7 Å². The molecule has 1 unspecified atom stereocenters. The standard InChI is InChI=1S/C13H14FN3O3.ClH/c1-7(18)15-9-4-8(14)5-10(6-9)16-11-2-3-12(19)17-13(11)20;/h4-6,11,16H,2-3H2,1H3,(H,15,18)(H,17,19,20);1H. The Labute approximate surface area is 126 Å². The van der Waals surface area contributed by atoms with Crippen LogP contribution in [0.4, 0.5) is 15.8 Å². The average Bonchev–Trinajstić information content (AvgIpc) is 2.31. The second-order valence-corrected chi connectivity index (χ2v) is 4.56. The molecule has 3 amide bonds. The molecule has 114 valence electrons. The summed E-state index contributed by atoms with van der Waals surface area (Å²) in [5.74, 6) is -1.61. The van der Waals surface area contributed by atoms with Crippen molar-refractivity contribution in [2.24, 2.45) is 0 Å². The van der Waals surface area contributed by atoms with E-state index >= 15 is 0 Å². The minimum atomic E-state index is -0.598. The van der Waals surface area contributed by atoms with Gasteiger partial charge in [-0.1, -0.05) is 0 Å². The van der Waals surface area contributed by atoms with Gasteiger partial charge in [0.05, 0.1) is 0 Å². The molecule has 0 aromatic heterocycles. The van der Waals surface area contributed by atoms with Crippen molar-refractivity contribution in [1.82, 2.24) is 5.32 Å². The molecule has 21 heavy (non-hydrogen) atoms. The normalized spacial score (nSPS) is 17.5. The highest BCUT2D eigenvalue weighted by atomic mass is 35.5. The molecule has 0 bridgehead atoms. The number of hydrogen-bond donors (Lipinski definition) is 3. The Bertz CT molecular complexity index is 580. The topological polar surface area (TPSA) is 87.3 Å². The number of imide groups is 1. The first-order valence-electron chi connectivity index (χ1n) is 6.12. The zero-order chi connectivity index (χ0) is 14.7. The molecule has 1 aromatic rings. The molecule has 1 atom stereocenters. The van der Waals surface area contributed by atoms with Crippen LogP contribution in [0.3, 0.4) is 0 Å². The van der Waals surface area contributed by atoms with Crippen LogP contribution in [-0.4, -0.2) is 23.8 Å². The second kappa shape index (κ2) is 7.03. The molecule has 8 heteroatoms. The van der Waals surface area contributed by atoms with Crippen molar-refractivity contribution in [2.75, 3.05) is 10.6 Å². The highest BCUT2D eigenvalue weighted by Gasteiger charge is 2.26. The van der Waals surface area contributed by atoms with E-state index in [4.69, 9.17) is 0 Å². The Morgan fingerprint density at radius 2 is 1.95 bits per heavy atom. The molecule has 1 aromatic carbocycles. The smallest absolute Gasteiger partial charge is 0.249 e. The van der Waals surface area contributed by atoms with Crippen LogP contribution in [0.1, 0.15) is 19.8 Å². The summed E-state index contributed by atoms with van der Waals surface area (Å²) in [6.07, 6.45) is 0.577. The van der Waals surface area contributed by atoms with Gasteiger partial charge in [0.25, 0.3) is 0 Å². The maximum absolute atomic E-state index is 13.4. The third kappa shape index (κ3) is 4.71. The minimum absolute atomic E-state index is 0. The number of nitrogens with one attached hydrogen (secondary N) is 3. The number of hydrogen-bond acceptors (Lipinski definition) is 4. The molecule has 0 spiro atoms. The maximum atomic E-state index is 13.4. The quantitative estimate of drug-likeness (QED) is 0.736. The van der Waals surface area contributed by atoms with Gasteiger partial charge in [0.1, 0.15) is 11.9 Å². The summed E-state index contributed by atoms with van der Waals surface area (Å²) in [7, 11) is 0. The van der Waals surface area contributed by atoms with Gasteiger partial charge in [-0.05, 0) is 24.6 Å². The van der Waals surface area contributed by atoms with Gasteiger partial charge in [-0.25, -0.2) is 4.39 Å². The maximum Gasteiger partial charge on any atom is 0.249 e. The fraction of sp³-hybridized carbons (Fsp3) is 0.308. The monoisotopic (exact) mass is 315 g/mol. The summed E-state index contributed by atoms with van der Waals surface area (Å²) in [5, 5.41) is 7.53. The number of anilines is 2. The van der Waals surface area contributed by atoms with Crippen LogP contribution in [0.15, 0.2) is 18.2 Å². The summed E-state index contributed by atoms with van der Waals surface area (Å²) < 4.78 is 13.4. The zero-order valence-corrected chi connectivity index (χ0v) is 12.1. The fourth-order valence-corrected chi connectivity index (χ4v) is 1.98. The van der Waals surface area contributed by atoms with Gasteiger partial charge in [0.15, 0.2) is 0 Å². The van der Waals surface area contributed by atoms with Crippen molar-refractivity contribution in [3.63, 3.8) is 0 Å². The van der Waals surface area contributed by atoms with Crippen LogP contribution in [0.25, 0.3) is 0 Å². The first-order chi connectivity index (χ1) is 9.44. The zero-order valence-electron chi connectivity index (χ0n) is 11.2. The summed E-state index contributed by atoms with van der Waals surface area (Å²) in [5.41, 5.74) is 0.663. The second-order valence-electron chi connectivity index (χ2n) is 4.56. The summed E-state index contributed by atoms with van der Waals surface area (Å²) in [6.45, 7) is 1.32. The van der Waals surface area contributed by atoms with Gasteiger partial charge in [0, 0.05) is 24.7 Å². The van der Waals surface area contributed by atoms with Crippen molar-refractivity contribution >= 4 is 41.5 Å². The lowest BCUT2D eigenvalue weighted by Gasteiger charge is -2.23. The molecule has 0 saturated carbocycles. The molecule has 0 radical (unpaired) electrons. The summed E-state index contributed by atoms with van der Waals surface area (Å²) in [6, 6.07) is 3.32. The number of carbonyl (C=O) groups excluding carboxylic acids is 3. The molecular weight excluding hydrogens is 301 g/mol. The van der Waals surface area contributed by atoms with Crippen LogP contribution < -0.4 is 16.0 Å². The fourth-order valence-electron chi connectivity index (χ4n) is 1.98. The SMILES string of the molecule is CC(=O)Nc1cc(F)cc(NC2CCC(=O)NC2=O)c1.Cl. The van der Waals surface area contributed by atoms with E-state index in [-0.39, 0.29) is 30.6 Å². The summed E-state index contributed by atoms with van der Waals surface area (Å²) >= 11 is 0. The van der Waals surface area contributed by atoms with Crippen molar-refractivity contribution in [3.05, 3.63) is 24.0 Å². The van der Waals surface area contributed by atoms with E-state index in [1.807, 2.05) is 0 Å².